The number of pyridine rings is 1. The SMILES string of the molecule is CC(C)(C)c1ccc(C(NC(=O)C2CCCN2)(C(=O)N2CC(F)C2)c2cccnc2)cc1. The van der Waals surface area contributed by atoms with Crippen molar-refractivity contribution in [3.8, 4) is 0 Å². The Morgan fingerprint density at radius 2 is 1.78 bits per heavy atom. The molecule has 6 nitrogen and oxygen atoms in total. The highest BCUT2D eigenvalue weighted by Crippen LogP contribution is 2.35. The van der Waals surface area contributed by atoms with Crippen molar-refractivity contribution in [2.75, 3.05) is 19.6 Å². The Hall–Kier alpha value is -2.80. The van der Waals surface area contributed by atoms with Crippen LogP contribution in [0.1, 0.15) is 50.3 Å². The summed E-state index contributed by atoms with van der Waals surface area (Å²) in [5, 5.41) is 6.27. The van der Waals surface area contributed by atoms with Crippen molar-refractivity contribution in [3.05, 3.63) is 65.5 Å². The zero-order chi connectivity index (χ0) is 22.9. The molecule has 0 aliphatic carbocycles. The van der Waals surface area contributed by atoms with E-state index in [0.717, 1.165) is 18.5 Å². The second kappa shape index (κ2) is 8.62. The van der Waals surface area contributed by atoms with Crippen molar-refractivity contribution in [1.82, 2.24) is 20.5 Å². The van der Waals surface area contributed by atoms with Gasteiger partial charge in [0.05, 0.1) is 19.1 Å². The first-order valence-electron chi connectivity index (χ1n) is 11.2. The van der Waals surface area contributed by atoms with Crippen LogP contribution in [0.5, 0.6) is 0 Å². The second-order valence-electron chi connectivity index (χ2n) is 9.76. The number of aromatic nitrogens is 1. The van der Waals surface area contributed by atoms with Gasteiger partial charge in [0.2, 0.25) is 5.91 Å². The third-order valence-electron chi connectivity index (χ3n) is 6.41. The van der Waals surface area contributed by atoms with E-state index < -0.39 is 11.7 Å². The van der Waals surface area contributed by atoms with E-state index in [1.54, 1.807) is 24.5 Å². The molecule has 2 N–H and O–H groups in total. The first kappa shape index (κ1) is 22.4. The van der Waals surface area contributed by atoms with E-state index in [1.807, 2.05) is 24.3 Å². The summed E-state index contributed by atoms with van der Waals surface area (Å²) in [4.78, 5) is 32.9. The number of halogens is 1. The summed E-state index contributed by atoms with van der Waals surface area (Å²) in [6.07, 6.45) is 3.80. The summed E-state index contributed by atoms with van der Waals surface area (Å²) in [5.41, 5.74) is 0.770. The van der Waals surface area contributed by atoms with Crippen LogP contribution in [0.15, 0.2) is 48.8 Å². The van der Waals surface area contributed by atoms with Crippen LogP contribution in [-0.2, 0) is 20.5 Å². The number of amides is 2. The largest absolute Gasteiger partial charge is 0.334 e. The lowest BCUT2D eigenvalue weighted by Crippen LogP contribution is -2.64. The highest BCUT2D eigenvalue weighted by molar-refractivity contribution is 5.97. The van der Waals surface area contributed by atoms with Crippen molar-refractivity contribution in [3.63, 3.8) is 0 Å². The average Bonchev–Trinajstić information content (AvgIpc) is 3.30. The molecule has 4 rings (SSSR count). The molecule has 2 amide bonds. The Labute approximate surface area is 188 Å². The number of rotatable bonds is 5. The molecular formula is C25H31FN4O2. The smallest absolute Gasteiger partial charge is 0.257 e. The average molecular weight is 439 g/mol. The van der Waals surface area contributed by atoms with Crippen LogP contribution < -0.4 is 10.6 Å². The number of benzene rings is 1. The number of nitrogens with one attached hydrogen (secondary N) is 2. The Kier molecular flexibility index (Phi) is 6.03. The van der Waals surface area contributed by atoms with Crippen LogP contribution in [-0.4, -0.2) is 53.5 Å². The summed E-state index contributed by atoms with van der Waals surface area (Å²) in [6, 6.07) is 10.9. The van der Waals surface area contributed by atoms with E-state index in [-0.39, 0.29) is 36.4 Å². The number of carbonyl (C=O) groups excluding carboxylic acids is 2. The molecule has 2 unspecified atom stereocenters. The van der Waals surface area contributed by atoms with Gasteiger partial charge in [-0.25, -0.2) is 4.39 Å². The third-order valence-corrected chi connectivity index (χ3v) is 6.41. The maximum Gasteiger partial charge on any atom is 0.257 e. The topological polar surface area (TPSA) is 74.3 Å². The fourth-order valence-electron chi connectivity index (χ4n) is 4.42. The Morgan fingerprint density at radius 1 is 1.09 bits per heavy atom. The molecule has 7 heteroatoms. The van der Waals surface area contributed by atoms with E-state index in [0.29, 0.717) is 17.5 Å². The molecule has 2 aromatic rings. The van der Waals surface area contributed by atoms with Gasteiger partial charge in [0.15, 0.2) is 5.54 Å². The number of hydrogen-bond acceptors (Lipinski definition) is 4. The molecule has 0 saturated carbocycles. The van der Waals surface area contributed by atoms with Crippen LogP contribution in [0.3, 0.4) is 0 Å². The second-order valence-corrected chi connectivity index (χ2v) is 9.76. The molecule has 2 fully saturated rings. The third kappa shape index (κ3) is 4.13. The first-order chi connectivity index (χ1) is 15.2. The molecule has 3 heterocycles. The van der Waals surface area contributed by atoms with Crippen molar-refractivity contribution in [1.29, 1.82) is 0 Å². The van der Waals surface area contributed by atoms with Crippen LogP contribution >= 0.6 is 0 Å². The maximum absolute atomic E-state index is 13.9. The monoisotopic (exact) mass is 438 g/mol. The van der Waals surface area contributed by atoms with Gasteiger partial charge in [0.1, 0.15) is 6.17 Å². The van der Waals surface area contributed by atoms with Crippen molar-refractivity contribution in [2.24, 2.45) is 0 Å². The fourth-order valence-corrected chi connectivity index (χ4v) is 4.42. The van der Waals surface area contributed by atoms with Crippen LogP contribution in [0.2, 0.25) is 0 Å². The molecule has 2 saturated heterocycles. The summed E-state index contributed by atoms with van der Waals surface area (Å²) >= 11 is 0. The van der Waals surface area contributed by atoms with Gasteiger partial charge in [-0.05, 0) is 42.0 Å². The number of hydrogen-bond donors (Lipinski definition) is 2. The lowest BCUT2D eigenvalue weighted by molar-refractivity contribution is -0.147. The molecule has 2 aliphatic rings. The molecule has 0 spiro atoms. The quantitative estimate of drug-likeness (QED) is 0.753. The van der Waals surface area contributed by atoms with E-state index in [2.05, 4.69) is 36.4 Å². The Bertz CT molecular complexity index is 962. The zero-order valence-corrected chi connectivity index (χ0v) is 18.9. The number of likely N-dealkylation sites (tertiary alicyclic amines) is 1. The molecule has 2 aliphatic heterocycles. The van der Waals surface area contributed by atoms with E-state index >= 15 is 0 Å². The van der Waals surface area contributed by atoms with Crippen molar-refractivity contribution in [2.45, 2.75) is 56.8 Å². The molecule has 0 bridgehead atoms. The molecule has 1 aromatic carbocycles. The summed E-state index contributed by atoms with van der Waals surface area (Å²) < 4.78 is 13.7. The zero-order valence-electron chi connectivity index (χ0n) is 18.9. The Balaban J connectivity index is 1.83. The fraction of sp³-hybridized carbons (Fsp3) is 0.480. The summed E-state index contributed by atoms with van der Waals surface area (Å²) in [5.74, 6) is -0.578. The lowest BCUT2D eigenvalue weighted by Gasteiger charge is -2.43. The molecule has 0 radical (unpaired) electrons. The number of carbonyl (C=O) groups is 2. The van der Waals surface area contributed by atoms with E-state index in [9.17, 15) is 14.0 Å². The predicted octanol–water partition coefficient (Wildman–Crippen LogP) is 2.67. The normalized spacial score (nSPS) is 21.0. The van der Waals surface area contributed by atoms with Gasteiger partial charge in [-0.1, -0.05) is 51.1 Å². The summed E-state index contributed by atoms with van der Waals surface area (Å²) in [7, 11) is 0. The van der Waals surface area contributed by atoms with E-state index in [4.69, 9.17) is 0 Å². The van der Waals surface area contributed by atoms with Gasteiger partial charge in [-0.15, -0.1) is 0 Å². The lowest BCUT2D eigenvalue weighted by atomic mass is 9.79. The first-order valence-corrected chi connectivity index (χ1v) is 11.2. The molecule has 170 valence electrons. The van der Waals surface area contributed by atoms with Crippen LogP contribution in [0, 0.1) is 0 Å². The number of nitrogens with zero attached hydrogens (tertiary/aromatic N) is 2. The number of alkyl halides is 1. The summed E-state index contributed by atoms with van der Waals surface area (Å²) in [6.45, 7) is 7.18. The molecule has 32 heavy (non-hydrogen) atoms. The molecule has 2 atom stereocenters. The van der Waals surface area contributed by atoms with Crippen LogP contribution in [0.4, 0.5) is 4.39 Å². The minimum atomic E-state index is -1.48. The minimum Gasteiger partial charge on any atom is -0.334 e. The molecule has 1 aromatic heterocycles. The van der Waals surface area contributed by atoms with E-state index in [1.165, 1.54) is 4.90 Å². The van der Waals surface area contributed by atoms with Gasteiger partial charge in [-0.2, -0.15) is 0 Å². The minimum absolute atomic E-state index is 0.0263. The van der Waals surface area contributed by atoms with Gasteiger partial charge in [0, 0.05) is 18.0 Å². The highest BCUT2D eigenvalue weighted by Gasteiger charge is 2.50. The van der Waals surface area contributed by atoms with Crippen molar-refractivity contribution >= 4 is 11.8 Å². The van der Waals surface area contributed by atoms with Crippen molar-refractivity contribution < 1.29 is 14.0 Å². The maximum atomic E-state index is 13.9. The van der Waals surface area contributed by atoms with Gasteiger partial charge in [0.25, 0.3) is 5.91 Å². The standard InChI is InChI=1S/C25H31FN4O2/c1-24(2,3)17-8-10-18(11-9-17)25(19-6-4-12-27-14-19,23(32)30-15-20(26)16-30)29-22(31)21-7-5-13-28-21/h4,6,8-12,14,20-21,28H,5,7,13,15-16H2,1-3H3,(H,29,31). The van der Waals surface area contributed by atoms with Gasteiger partial charge < -0.3 is 15.5 Å². The van der Waals surface area contributed by atoms with Gasteiger partial charge in [-0.3, -0.25) is 14.6 Å². The Morgan fingerprint density at radius 3 is 2.31 bits per heavy atom. The predicted molar refractivity (Wildman–Crippen MR) is 121 cm³/mol. The van der Waals surface area contributed by atoms with Crippen LogP contribution in [0.25, 0.3) is 0 Å². The molecular weight excluding hydrogens is 407 g/mol. The highest BCUT2D eigenvalue weighted by atomic mass is 19.1. The van der Waals surface area contributed by atoms with Gasteiger partial charge >= 0.3 is 0 Å².